The second-order valence-electron chi connectivity index (χ2n) is 6.24. The summed E-state index contributed by atoms with van der Waals surface area (Å²) in [4.78, 5) is 25.1. The number of amides is 1. The highest BCUT2D eigenvalue weighted by molar-refractivity contribution is 6.48. The lowest BCUT2D eigenvalue weighted by Crippen LogP contribution is -2.22. The average Bonchev–Trinajstić information content (AvgIpc) is 3.35. The second-order valence-corrected chi connectivity index (χ2v) is 6.24. The number of rotatable bonds is 5. The van der Waals surface area contributed by atoms with E-state index in [9.17, 15) is 9.59 Å². The van der Waals surface area contributed by atoms with E-state index in [2.05, 4.69) is 15.6 Å². The summed E-state index contributed by atoms with van der Waals surface area (Å²) in [7, 11) is 0. The van der Waals surface area contributed by atoms with Crippen LogP contribution in [0.3, 0.4) is 0 Å². The van der Waals surface area contributed by atoms with E-state index in [0.717, 1.165) is 11.2 Å². The molecule has 0 aliphatic heterocycles. The SMILES string of the molecule is Cc1cc(Cn2cc(C(=O)C(=O)Nc3cc(C)no3)c3ccccc32)on1. The van der Waals surface area contributed by atoms with E-state index in [1.807, 2.05) is 35.8 Å². The van der Waals surface area contributed by atoms with Gasteiger partial charge in [-0.05, 0) is 19.9 Å². The molecule has 0 fully saturated rings. The summed E-state index contributed by atoms with van der Waals surface area (Å²) >= 11 is 0. The van der Waals surface area contributed by atoms with Crippen molar-refractivity contribution >= 4 is 28.5 Å². The summed E-state index contributed by atoms with van der Waals surface area (Å²) in [6, 6.07) is 10.7. The van der Waals surface area contributed by atoms with Gasteiger partial charge in [-0.1, -0.05) is 28.5 Å². The number of fused-ring (bicyclic) bond motifs is 1. The van der Waals surface area contributed by atoms with Crippen LogP contribution in [-0.2, 0) is 11.3 Å². The fourth-order valence-corrected chi connectivity index (χ4v) is 2.93. The molecule has 0 unspecified atom stereocenters. The minimum atomic E-state index is -0.787. The zero-order chi connectivity index (χ0) is 19.0. The smallest absolute Gasteiger partial charge is 0.299 e. The lowest BCUT2D eigenvalue weighted by molar-refractivity contribution is -0.112. The van der Waals surface area contributed by atoms with E-state index in [1.54, 1.807) is 25.3 Å². The number of Topliss-reactive ketones (excluding diaryl/α,β-unsaturated/α-hetero) is 1. The van der Waals surface area contributed by atoms with Gasteiger partial charge < -0.3 is 13.6 Å². The van der Waals surface area contributed by atoms with Gasteiger partial charge in [0.05, 0.1) is 23.5 Å². The maximum atomic E-state index is 12.7. The monoisotopic (exact) mass is 364 g/mol. The molecule has 136 valence electrons. The number of aryl methyl sites for hydroxylation is 2. The molecule has 0 aliphatic carbocycles. The van der Waals surface area contributed by atoms with Crippen molar-refractivity contribution < 1.29 is 18.6 Å². The molecule has 8 nitrogen and oxygen atoms in total. The van der Waals surface area contributed by atoms with Crippen molar-refractivity contribution in [1.29, 1.82) is 0 Å². The van der Waals surface area contributed by atoms with Crippen molar-refractivity contribution in [3.63, 3.8) is 0 Å². The number of aromatic nitrogens is 3. The molecule has 1 aromatic carbocycles. The molecule has 0 saturated heterocycles. The minimum absolute atomic E-state index is 0.131. The molecule has 8 heteroatoms. The molecule has 0 saturated carbocycles. The molecule has 27 heavy (non-hydrogen) atoms. The number of hydrogen-bond donors (Lipinski definition) is 1. The van der Waals surface area contributed by atoms with Crippen LogP contribution in [0.1, 0.15) is 27.5 Å². The summed E-state index contributed by atoms with van der Waals surface area (Å²) in [5.41, 5.74) is 2.50. The molecular formula is C19H16N4O4. The topological polar surface area (TPSA) is 103 Å². The van der Waals surface area contributed by atoms with Crippen molar-refractivity contribution in [2.45, 2.75) is 20.4 Å². The fourth-order valence-electron chi connectivity index (χ4n) is 2.93. The van der Waals surface area contributed by atoms with Crippen LogP contribution in [0.5, 0.6) is 0 Å². The standard InChI is InChI=1S/C19H16N4O4/c1-11-7-13(26-21-11)9-23-10-15(14-5-3-4-6-16(14)23)18(24)19(25)20-17-8-12(2)22-27-17/h3-8,10H,9H2,1-2H3,(H,20,25). The predicted molar refractivity (Wildman–Crippen MR) is 96.5 cm³/mol. The van der Waals surface area contributed by atoms with Crippen LogP contribution in [-0.4, -0.2) is 26.6 Å². The number of carbonyl (C=O) groups excluding carboxylic acids is 2. The molecule has 3 aromatic heterocycles. The third-order valence-electron chi connectivity index (χ3n) is 4.11. The Morgan fingerprint density at radius 1 is 1.07 bits per heavy atom. The molecule has 1 N–H and O–H groups in total. The molecule has 0 bridgehead atoms. The highest BCUT2D eigenvalue weighted by Gasteiger charge is 2.23. The van der Waals surface area contributed by atoms with Crippen molar-refractivity contribution in [2.24, 2.45) is 0 Å². The first kappa shape index (κ1) is 16.8. The Labute approximate surface area is 153 Å². The molecule has 0 aliphatic rings. The van der Waals surface area contributed by atoms with E-state index >= 15 is 0 Å². The van der Waals surface area contributed by atoms with Crippen molar-refractivity contribution in [3.8, 4) is 0 Å². The number of ketones is 1. The molecule has 1 amide bonds. The van der Waals surface area contributed by atoms with Gasteiger partial charge in [0, 0.05) is 29.2 Å². The Kier molecular flexibility index (Phi) is 4.08. The zero-order valence-electron chi connectivity index (χ0n) is 14.7. The van der Waals surface area contributed by atoms with Gasteiger partial charge in [-0.3, -0.25) is 14.9 Å². The summed E-state index contributed by atoms with van der Waals surface area (Å²) in [5.74, 6) is -0.655. The van der Waals surface area contributed by atoms with Gasteiger partial charge in [-0.15, -0.1) is 0 Å². The quantitative estimate of drug-likeness (QED) is 0.431. The van der Waals surface area contributed by atoms with E-state index in [0.29, 0.717) is 28.9 Å². The predicted octanol–water partition coefficient (Wildman–Crippen LogP) is 3.10. The Morgan fingerprint density at radius 2 is 1.81 bits per heavy atom. The first-order valence-corrected chi connectivity index (χ1v) is 8.30. The van der Waals surface area contributed by atoms with Crippen LogP contribution in [0.25, 0.3) is 10.9 Å². The first-order valence-electron chi connectivity index (χ1n) is 8.30. The number of benzene rings is 1. The van der Waals surface area contributed by atoms with Gasteiger partial charge in [0.1, 0.15) is 0 Å². The van der Waals surface area contributed by atoms with Gasteiger partial charge in [0.25, 0.3) is 11.7 Å². The summed E-state index contributed by atoms with van der Waals surface area (Å²) in [6.07, 6.45) is 1.65. The maximum Gasteiger partial charge on any atom is 0.299 e. The number of nitrogens with one attached hydrogen (secondary N) is 1. The van der Waals surface area contributed by atoms with Crippen LogP contribution in [0.4, 0.5) is 5.88 Å². The normalized spacial score (nSPS) is 11.0. The average molecular weight is 364 g/mol. The van der Waals surface area contributed by atoms with Crippen molar-refractivity contribution in [1.82, 2.24) is 14.9 Å². The van der Waals surface area contributed by atoms with E-state index in [-0.39, 0.29) is 5.88 Å². The molecule has 0 spiro atoms. The van der Waals surface area contributed by atoms with Crippen molar-refractivity contribution in [3.05, 3.63) is 65.3 Å². The highest BCUT2D eigenvalue weighted by atomic mass is 16.5. The second kappa shape index (κ2) is 6.56. The van der Waals surface area contributed by atoms with E-state index in [4.69, 9.17) is 9.05 Å². The highest BCUT2D eigenvalue weighted by Crippen LogP contribution is 2.23. The third kappa shape index (κ3) is 3.24. The zero-order valence-corrected chi connectivity index (χ0v) is 14.7. The van der Waals surface area contributed by atoms with E-state index in [1.165, 1.54) is 0 Å². The molecule has 0 atom stereocenters. The van der Waals surface area contributed by atoms with Crippen LogP contribution in [0, 0.1) is 13.8 Å². The van der Waals surface area contributed by atoms with Crippen LogP contribution in [0.2, 0.25) is 0 Å². The van der Waals surface area contributed by atoms with Gasteiger partial charge in [-0.25, -0.2) is 0 Å². The Balaban J connectivity index is 1.66. The summed E-state index contributed by atoms with van der Waals surface area (Å²) in [5, 5.41) is 10.7. The molecule has 3 heterocycles. The largest absolute Gasteiger partial charge is 0.359 e. The minimum Gasteiger partial charge on any atom is -0.359 e. The number of carbonyl (C=O) groups is 2. The summed E-state index contributed by atoms with van der Waals surface area (Å²) in [6.45, 7) is 3.96. The van der Waals surface area contributed by atoms with Gasteiger partial charge in [0.15, 0.2) is 5.76 Å². The Bertz CT molecular complexity index is 1150. The van der Waals surface area contributed by atoms with Crippen LogP contribution in [0.15, 0.2) is 51.6 Å². The molecule has 0 radical (unpaired) electrons. The first-order chi connectivity index (χ1) is 13.0. The van der Waals surface area contributed by atoms with E-state index < -0.39 is 11.7 Å². The number of nitrogens with zero attached hydrogens (tertiary/aromatic N) is 3. The van der Waals surface area contributed by atoms with Gasteiger partial charge in [-0.2, -0.15) is 0 Å². The Morgan fingerprint density at radius 3 is 2.52 bits per heavy atom. The van der Waals surface area contributed by atoms with Crippen molar-refractivity contribution in [2.75, 3.05) is 5.32 Å². The molecule has 4 aromatic rings. The maximum absolute atomic E-state index is 12.7. The van der Waals surface area contributed by atoms with Gasteiger partial charge >= 0.3 is 0 Å². The number of para-hydroxylation sites is 1. The lowest BCUT2D eigenvalue weighted by Gasteiger charge is -2.01. The lowest BCUT2D eigenvalue weighted by atomic mass is 10.1. The van der Waals surface area contributed by atoms with Crippen LogP contribution < -0.4 is 5.32 Å². The molecular weight excluding hydrogens is 348 g/mol. The number of anilines is 1. The molecule has 4 rings (SSSR count). The third-order valence-corrected chi connectivity index (χ3v) is 4.11. The van der Waals surface area contributed by atoms with Crippen LogP contribution >= 0.6 is 0 Å². The van der Waals surface area contributed by atoms with Gasteiger partial charge in [0.2, 0.25) is 5.88 Å². The fraction of sp³-hybridized carbons (Fsp3) is 0.158. The number of hydrogen-bond acceptors (Lipinski definition) is 6. The Hall–Kier alpha value is -3.68. The summed E-state index contributed by atoms with van der Waals surface area (Å²) < 4.78 is 12.1.